The molecule has 0 aromatic heterocycles. The Hall–Kier alpha value is -8.35. The number of ether oxygens (including phenoxy) is 1. The summed E-state index contributed by atoms with van der Waals surface area (Å²) in [7, 11) is 1.27. The number of halogens is 18. The highest BCUT2D eigenvalue weighted by molar-refractivity contribution is 6.77. The minimum absolute atomic E-state index is 0. The second kappa shape index (κ2) is 57.4. The van der Waals surface area contributed by atoms with Crippen molar-refractivity contribution in [1.82, 2.24) is 26.6 Å². The van der Waals surface area contributed by atoms with Crippen molar-refractivity contribution in [1.29, 1.82) is 10.7 Å². The molecule has 6 aromatic rings. The van der Waals surface area contributed by atoms with Crippen LogP contribution >= 0.6 is 209 Å². The van der Waals surface area contributed by atoms with E-state index in [1.54, 1.807) is 72.8 Å². The highest BCUT2D eigenvalue weighted by atomic mass is 35.6. The molecule has 18 N–H and O–H groups in total. The Morgan fingerprint density at radius 2 is 0.713 bits per heavy atom. The maximum Gasteiger partial charge on any atom is 0.350 e. The third kappa shape index (κ3) is 36.4. The van der Waals surface area contributed by atoms with Gasteiger partial charge in [-0.3, -0.25) is 58.3 Å². The molecule has 8 heterocycles. The Morgan fingerprint density at radius 3 is 0.993 bits per heavy atom. The molecule has 0 unspecified atom stereocenters. The van der Waals surface area contributed by atoms with Crippen molar-refractivity contribution in [2.45, 2.75) is 200 Å². The topological polar surface area (TPSA) is 554 Å². The predicted octanol–water partition coefficient (Wildman–Crippen LogP) is 22.1. The summed E-state index contributed by atoms with van der Waals surface area (Å²) in [4.78, 5) is 166. The van der Waals surface area contributed by atoms with Crippen LogP contribution in [0.25, 0.3) is 0 Å². The first-order valence-corrected chi connectivity index (χ1v) is 53.8. The molecule has 17 rings (SSSR count). The minimum atomic E-state index is -1.71. The van der Waals surface area contributed by atoms with Gasteiger partial charge in [-0.05, 0) is 168 Å². The first-order chi connectivity index (χ1) is 70.2. The molecule has 0 spiro atoms. The van der Waals surface area contributed by atoms with Gasteiger partial charge in [0.2, 0.25) is 39.2 Å². The summed E-state index contributed by atoms with van der Waals surface area (Å²) in [6.45, 7) is 1.96. The van der Waals surface area contributed by atoms with Crippen LogP contribution in [0.2, 0.25) is 60.3 Å². The second-order valence-electron chi connectivity index (χ2n) is 36.8. The molecule has 808 valence electrons. The van der Waals surface area contributed by atoms with Crippen LogP contribution in [0.5, 0.6) is 0 Å². The van der Waals surface area contributed by atoms with E-state index in [-0.39, 0.29) is 140 Å². The van der Waals surface area contributed by atoms with Crippen molar-refractivity contribution in [3.8, 4) is 6.07 Å². The number of alkyl halides is 6. The number of nitriles is 1. The van der Waals surface area contributed by atoms with E-state index in [1.165, 1.54) is 7.11 Å². The van der Waals surface area contributed by atoms with E-state index in [4.69, 9.17) is 253 Å². The average Bonchev–Trinajstić information content (AvgIpc) is 1.73. The number of benzene rings is 6. The third-order valence-corrected chi connectivity index (χ3v) is 30.8. The zero-order valence-electron chi connectivity index (χ0n) is 79.4. The van der Waals surface area contributed by atoms with E-state index >= 15 is 0 Å². The number of nitrogens with two attached hydrogens (primary N) is 5. The average molecular weight is 2430 g/mol. The van der Waals surface area contributed by atoms with Gasteiger partial charge in [-0.25, -0.2) is 29.6 Å². The molecule has 11 aliphatic rings. The molecule has 32 nitrogen and oxygen atoms in total. The number of amides is 7. The standard InChI is InChI=1S/C24H28Cl2N4O4.C24H26Cl2N4O3.C15H25N3O3.C9H4Cl5N.2C9H5Cl2NO2.C6H6Cl2N2.C3H4Cl3NO.CH4/c25-16-5-6-17(26)21-15(16)11-19(29-21)24(34)30-18(8-12-3-4-12)20(31)10-14(22(27)32)9-13-2-1-7-28-23(13)33;25-17-5-6-18(26)22-16(17)11-20(29-22)24(33)30-19(9-13-3-4-13)21(31)10-14(12-27)8-15-2-1-7-28-23(15)32;16-12(6-9-3-4-9)13(19)8-11(14(17)20)7-10-2-1-5-18-15(10)21;10-5-1-2-6(11)8-4(5)3-7(15-8)9(12,13)14;2*10-5-1-2-6(11)8-4(5)3-7(12-8)9(13)14;7-3-1-2-4(8)6(10)5(3)9;1-8-2(7)3(4,5)6;/h5-6,12-14,18H,1-4,7-11H2,(H2,27,32)(H,28,33)(H,30,34);5-6,13-15,19H,1-4,7-11H2,(H,28,32)(H,30,33);9-12H,1-8,16H2,(H2,17,20)(H,18,21);1-2H,3H2;2*1-2H,3H2,(H,13,14);1-2H,9-10H2;7H,1H3;1H4/t13-,14+,18-;14-,15+,19+;10-,11+,12-;;;;;;/m010....../s1. The van der Waals surface area contributed by atoms with Crippen molar-refractivity contribution in [2.24, 2.45) is 95.4 Å². The van der Waals surface area contributed by atoms with E-state index in [0.717, 1.165) is 76.2 Å². The van der Waals surface area contributed by atoms with Gasteiger partial charge in [-0.2, -0.15) is 5.26 Å². The van der Waals surface area contributed by atoms with Gasteiger partial charge in [0, 0.05) is 154 Å². The van der Waals surface area contributed by atoms with E-state index in [9.17, 15) is 62.8 Å². The van der Waals surface area contributed by atoms with Crippen molar-refractivity contribution in [3.05, 3.63) is 161 Å². The number of carbonyl (C=O) groups excluding carboxylic acids is 10. The number of nitrogen functional groups attached to an aromatic ring is 2. The molecule has 150 heavy (non-hydrogen) atoms. The lowest BCUT2D eigenvalue weighted by atomic mass is 9.84. The monoisotopic (exact) mass is 2420 g/mol. The molecule has 6 fully saturated rings. The van der Waals surface area contributed by atoms with Gasteiger partial charge in [-0.15, -0.1) is 0 Å². The number of nitrogens with one attached hydrogen (secondary N) is 6. The molecular weight excluding hydrogens is 2320 g/mol. The van der Waals surface area contributed by atoms with Crippen molar-refractivity contribution in [3.63, 3.8) is 0 Å². The van der Waals surface area contributed by atoms with Crippen LogP contribution < -0.4 is 55.3 Å². The fourth-order valence-electron chi connectivity index (χ4n) is 16.8. The number of carboxylic acid groups (broad SMARTS) is 2. The first-order valence-electron chi connectivity index (χ1n) is 47.0. The molecule has 0 bridgehead atoms. The number of fused-ring (bicyclic) bond motifs is 5. The number of piperidine rings is 3. The Bertz CT molecular complexity index is 6250. The highest BCUT2D eigenvalue weighted by Gasteiger charge is 2.42. The van der Waals surface area contributed by atoms with Gasteiger partial charge in [-0.1, -0.05) is 255 Å². The number of nitrogens with zero attached hydrogens (tertiary/aromatic N) is 6. The Balaban J connectivity index is 0.000000199. The molecule has 8 aliphatic heterocycles. The third-order valence-electron chi connectivity index (χ3n) is 25.7. The van der Waals surface area contributed by atoms with Crippen LogP contribution in [-0.4, -0.2) is 168 Å². The number of anilines is 2. The number of rotatable bonds is 29. The molecule has 9 atom stereocenters. The number of aliphatic imine (C=N–C) groups is 5. The van der Waals surface area contributed by atoms with E-state index in [2.05, 4.69) is 62.4 Å². The van der Waals surface area contributed by atoms with Gasteiger partial charge in [0.1, 0.15) is 28.6 Å². The number of Topliss-reactive ketones (excluding diaryl/α,β-unsaturated/α-hetero) is 3. The van der Waals surface area contributed by atoms with Crippen LogP contribution in [0.3, 0.4) is 0 Å². The molecule has 3 aliphatic carbocycles. The van der Waals surface area contributed by atoms with Crippen LogP contribution in [-0.2, 0) is 94.4 Å². The van der Waals surface area contributed by atoms with Crippen molar-refractivity contribution in [2.75, 3.05) is 38.2 Å². The fourth-order valence-corrected chi connectivity index (χ4v) is 19.9. The smallest absolute Gasteiger partial charge is 0.350 e. The van der Waals surface area contributed by atoms with Gasteiger partial charge >= 0.3 is 11.9 Å². The lowest BCUT2D eigenvalue weighted by Crippen LogP contribution is -2.46. The summed E-state index contributed by atoms with van der Waals surface area (Å²) >= 11 is 104. The summed E-state index contributed by atoms with van der Waals surface area (Å²) in [5.74, 6) is -6.55. The normalized spacial score (nSPS) is 18.3. The number of carboxylic acids is 2. The van der Waals surface area contributed by atoms with E-state index in [0.29, 0.717) is 210 Å². The first kappa shape index (κ1) is 125. The summed E-state index contributed by atoms with van der Waals surface area (Å²) in [5, 5.41) is 53.6. The number of hydrogen-bond donors (Lipinski definition) is 13. The Labute approximate surface area is 955 Å². The van der Waals surface area contributed by atoms with Crippen molar-refractivity contribution >= 4 is 354 Å². The number of ketones is 3. The van der Waals surface area contributed by atoms with Crippen LogP contribution in [0.1, 0.15) is 170 Å². The van der Waals surface area contributed by atoms with Crippen LogP contribution in [0.4, 0.5) is 39.8 Å². The molecular formula is C100H107Cl18N17O15. The summed E-state index contributed by atoms with van der Waals surface area (Å²) in [6, 6.07) is 20.0. The van der Waals surface area contributed by atoms with Gasteiger partial charge in [0.05, 0.1) is 118 Å². The zero-order valence-corrected chi connectivity index (χ0v) is 93.0. The quantitative estimate of drug-likeness (QED) is 0.00897. The number of hydrogen-bond acceptors (Lipinski definition) is 23. The molecule has 7 amide bonds. The fraction of sp³-hybridized carbons (Fsp3) is 0.450. The lowest BCUT2D eigenvalue weighted by Gasteiger charge is -2.25. The van der Waals surface area contributed by atoms with E-state index < -0.39 is 79.0 Å². The zero-order chi connectivity index (χ0) is 110. The van der Waals surface area contributed by atoms with Crippen LogP contribution in [0, 0.1) is 70.0 Å². The lowest BCUT2D eigenvalue weighted by molar-refractivity contribution is -0.132. The number of methoxy groups -OCH3 is 1. The second-order valence-corrected chi connectivity index (χ2v) is 46.2. The van der Waals surface area contributed by atoms with Crippen LogP contribution in [0.15, 0.2) is 97.8 Å². The minimum Gasteiger partial charge on any atom is -0.481 e. The highest BCUT2D eigenvalue weighted by Crippen LogP contribution is 2.48. The number of aliphatic carboxylic acids is 2. The summed E-state index contributed by atoms with van der Waals surface area (Å²) < 4.78 is 1.08. The SMILES string of the molecule is C.COC(=N)C(Cl)(Cl)Cl.Clc1ccc(Cl)c2c1CC(C(Cl)(Cl)Cl)=N2.N#C[C@@H](CC(=O)[C@H](CC1CC1)NC(=O)C1=Nc2c(Cl)ccc(Cl)c2C1)C[C@@H]1CCCNC1=O.NC(=O)[C@@H](CC(=O)[C@@H](N)CC1CC1)C[C@@H]1CCCNC1=O.NC(=O)[C@@H](CC(=O)[C@H](CC1CC1)NC(=O)C1=Nc2c(Cl)ccc(Cl)c2C1)C[C@@H]1CCCNC1=O.Nc1c(Cl)ccc(Cl)c1N.O=C(O)C1=Nc2c(Cl)ccc(Cl)c2C1.O=C(O)C1=Nc2c(Cl)ccc(Cl)c2C1. The van der Waals surface area contributed by atoms with Crippen molar-refractivity contribution < 1.29 is 72.5 Å². The summed E-state index contributed by atoms with van der Waals surface area (Å²) in [5.41, 5.74) is 35.7. The molecule has 50 heteroatoms. The predicted molar refractivity (Wildman–Crippen MR) is 597 cm³/mol. The van der Waals surface area contributed by atoms with Gasteiger partial charge in [0.15, 0.2) is 11.6 Å². The Morgan fingerprint density at radius 1 is 0.427 bits per heavy atom. The maximum atomic E-state index is 13.2. The number of primary amides is 2. The number of carbonyl (C=O) groups is 12. The molecule has 0 radical (unpaired) electrons. The van der Waals surface area contributed by atoms with Gasteiger partial charge in [0.25, 0.3) is 15.6 Å². The van der Waals surface area contributed by atoms with E-state index in [1.807, 2.05) is 0 Å². The molecule has 3 saturated heterocycles. The molecule has 3 saturated carbocycles. The Kier molecular flexibility index (Phi) is 47.9. The van der Waals surface area contributed by atoms with Gasteiger partial charge < -0.3 is 70.2 Å². The largest absolute Gasteiger partial charge is 0.481 e. The maximum absolute atomic E-state index is 13.2. The molecule has 6 aromatic carbocycles. The summed E-state index contributed by atoms with van der Waals surface area (Å²) in [6.07, 6.45) is 15.1.